The number of rotatable bonds is 3. The predicted octanol–water partition coefficient (Wildman–Crippen LogP) is 2.31. The maximum atomic E-state index is 12.5. The quantitative estimate of drug-likeness (QED) is 0.908. The molecule has 0 spiro atoms. The molecule has 4 heteroatoms. The number of aliphatic carboxylic acids is 1. The van der Waals surface area contributed by atoms with E-state index >= 15 is 0 Å². The molecule has 1 amide bonds. The average Bonchev–Trinajstić information content (AvgIpc) is 2.91. The fourth-order valence-electron chi connectivity index (χ4n) is 2.83. The summed E-state index contributed by atoms with van der Waals surface area (Å²) in [7, 11) is 1.71. The summed E-state index contributed by atoms with van der Waals surface area (Å²) in [6, 6.07) is 7.60. The molecule has 1 aliphatic rings. The number of aryl methyl sites for hydroxylation is 1. The van der Waals surface area contributed by atoms with Gasteiger partial charge in [-0.25, -0.2) is 0 Å². The third kappa shape index (κ3) is 2.11. The van der Waals surface area contributed by atoms with Crippen molar-refractivity contribution < 1.29 is 14.7 Å². The second-order valence-electron chi connectivity index (χ2n) is 5.80. The number of hydrogen-bond acceptors (Lipinski definition) is 2. The second kappa shape index (κ2) is 4.37. The van der Waals surface area contributed by atoms with E-state index in [9.17, 15) is 9.59 Å². The third-order valence-corrected chi connectivity index (χ3v) is 4.17. The van der Waals surface area contributed by atoms with Crippen LogP contribution in [0.3, 0.4) is 0 Å². The summed E-state index contributed by atoms with van der Waals surface area (Å²) in [6.07, 6.45) is 0. The van der Waals surface area contributed by atoms with E-state index in [1.807, 2.05) is 45.0 Å². The molecule has 0 heterocycles. The minimum absolute atomic E-state index is 0.119. The standard InChI is InChI=1S/C15H19NO3/c1-9-7-5-6-8-10(9)16(4)13(17)11-12(14(18)19)15(11,2)3/h5-8,11-12H,1-4H3,(H,18,19). The van der Waals surface area contributed by atoms with Crippen molar-refractivity contribution in [2.24, 2.45) is 17.3 Å². The molecule has 1 aliphatic carbocycles. The largest absolute Gasteiger partial charge is 0.481 e. The normalized spacial score (nSPS) is 23.8. The van der Waals surface area contributed by atoms with E-state index in [-0.39, 0.29) is 5.91 Å². The van der Waals surface area contributed by atoms with Gasteiger partial charge in [-0.05, 0) is 24.0 Å². The molecule has 0 aliphatic heterocycles. The van der Waals surface area contributed by atoms with Crippen molar-refractivity contribution in [2.75, 3.05) is 11.9 Å². The van der Waals surface area contributed by atoms with Gasteiger partial charge in [-0.2, -0.15) is 0 Å². The van der Waals surface area contributed by atoms with Crippen LogP contribution in [0, 0.1) is 24.2 Å². The maximum Gasteiger partial charge on any atom is 0.307 e. The monoisotopic (exact) mass is 261 g/mol. The highest BCUT2D eigenvalue weighted by Crippen LogP contribution is 2.59. The van der Waals surface area contributed by atoms with Gasteiger partial charge < -0.3 is 10.0 Å². The number of anilines is 1. The van der Waals surface area contributed by atoms with Crippen LogP contribution < -0.4 is 4.90 Å². The SMILES string of the molecule is Cc1ccccc1N(C)C(=O)C1C(C(=O)O)C1(C)C. The van der Waals surface area contributed by atoms with Gasteiger partial charge in [0.1, 0.15) is 0 Å². The van der Waals surface area contributed by atoms with Crippen LogP contribution in [0.5, 0.6) is 0 Å². The van der Waals surface area contributed by atoms with Gasteiger partial charge >= 0.3 is 5.97 Å². The highest BCUT2D eigenvalue weighted by Gasteiger charge is 2.66. The lowest BCUT2D eigenvalue weighted by molar-refractivity contribution is -0.140. The molecule has 1 aromatic rings. The molecule has 4 nitrogen and oxygen atoms in total. The van der Waals surface area contributed by atoms with Gasteiger partial charge in [0.05, 0.1) is 11.8 Å². The van der Waals surface area contributed by atoms with Gasteiger partial charge in [-0.1, -0.05) is 32.0 Å². The second-order valence-corrected chi connectivity index (χ2v) is 5.80. The molecule has 1 fully saturated rings. The highest BCUT2D eigenvalue weighted by atomic mass is 16.4. The molecule has 1 aromatic carbocycles. The average molecular weight is 261 g/mol. The smallest absolute Gasteiger partial charge is 0.307 e. The molecule has 0 aromatic heterocycles. The Balaban J connectivity index is 2.23. The molecule has 2 unspecified atom stereocenters. The molecule has 1 N–H and O–H groups in total. The van der Waals surface area contributed by atoms with Crippen molar-refractivity contribution in [1.29, 1.82) is 0 Å². The predicted molar refractivity (Wildman–Crippen MR) is 73.0 cm³/mol. The van der Waals surface area contributed by atoms with E-state index in [0.717, 1.165) is 11.3 Å². The van der Waals surface area contributed by atoms with Crippen LogP contribution in [0.4, 0.5) is 5.69 Å². The summed E-state index contributed by atoms with van der Waals surface area (Å²) in [6.45, 7) is 5.60. The van der Waals surface area contributed by atoms with Crippen molar-refractivity contribution in [3.8, 4) is 0 Å². The molecule has 0 radical (unpaired) electrons. The van der Waals surface area contributed by atoms with Crippen molar-refractivity contribution in [1.82, 2.24) is 0 Å². The van der Waals surface area contributed by atoms with Crippen LogP contribution in [0.2, 0.25) is 0 Å². The minimum Gasteiger partial charge on any atom is -0.481 e. The zero-order valence-electron chi connectivity index (χ0n) is 11.7. The Kier molecular flexibility index (Phi) is 3.12. The summed E-state index contributed by atoms with van der Waals surface area (Å²) >= 11 is 0. The molecular formula is C15H19NO3. The Labute approximate surface area is 113 Å². The molecule has 102 valence electrons. The van der Waals surface area contributed by atoms with Crippen LogP contribution in [0.25, 0.3) is 0 Å². The maximum absolute atomic E-state index is 12.5. The first-order valence-corrected chi connectivity index (χ1v) is 6.34. The van der Waals surface area contributed by atoms with Gasteiger partial charge in [0.25, 0.3) is 0 Å². The van der Waals surface area contributed by atoms with E-state index in [1.54, 1.807) is 11.9 Å². The lowest BCUT2D eigenvalue weighted by Gasteiger charge is -2.20. The number of carboxylic acids is 1. The first kappa shape index (κ1) is 13.6. The molecule has 1 saturated carbocycles. The summed E-state index contributed by atoms with van der Waals surface area (Å²) in [5.74, 6) is -2.02. The van der Waals surface area contributed by atoms with Crippen molar-refractivity contribution in [2.45, 2.75) is 20.8 Å². The van der Waals surface area contributed by atoms with E-state index in [2.05, 4.69) is 0 Å². The third-order valence-electron chi connectivity index (χ3n) is 4.17. The van der Waals surface area contributed by atoms with Crippen molar-refractivity contribution in [3.63, 3.8) is 0 Å². The number of nitrogens with zero attached hydrogens (tertiary/aromatic N) is 1. The topological polar surface area (TPSA) is 57.6 Å². The Morgan fingerprint density at radius 2 is 1.79 bits per heavy atom. The van der Waals surface area contributed by atoms with E-state index < -0.39 is 23.2 Å². The van der Waals surface area contributed by atoms with Gasteiger partial charge in [-0.15, -0.1) is 0 Å². The Bertz CT molecular complexity index is 536. The number of carbonyl (C=O) groups excluding carboxylic acids is 1. The Morgan fingerprint density at radius 1 is 1.21 bits per heavy atom. The minimum atomic E-state index is -0.887. The zero-order valence-corrected chi connectivity index (χ0v) is 11.7. The fraction of sp³-hybridized carbons (Fsp3) is 0.467. The van der Waals surface area contributed by atoms with Crippen molar-refractivity contribution >= 4 is 17.6 Å². The molecule has 2 atom stereocenters. The molecule has 0 saturated heterocycles. The molecule has 0 bridgehead atoms. The van der Waals surface area contributed by atoms with E-state index in [1.165, 1.54) is 0 Å². The summed E-state index contributed by atoms with van der Waals surface area (Å²) < 4.78 is 0. The van der Waals surface area contributed by atoms with E-state index in [0.29, 0.717) is 0 Å². The Hall–Kier alpha value is -1.84. The van der Waals surface area contributed by atoms with Gasteiger partial charge in [0, 0.05) is 12.7 Å². The lowest BCUT2D eigenvalue weighted by atomic mass is 10.1. The lowest BCUT2D eigenvalue weighted by Crippen LogP contribution is -2.30. The first-order valence-electron chi connectivity index (χ1n) is 6.34. The van der Waals surface area contributed by atoms with Gasteiger partial charge in [0.15, 0.2) is 0 Å². The molecule has 19 heavy (non-hydrogen) atoms. The van der Waals surface area contributed by atoms with Crippen LogP contribution in [0.15, 0.2) is 24.3 Å². The van der Waals surface area contributed by atoms with Gasteiger partial charge in [-0.3, -0.25) is 9.59 Å². The van der Waals surface area contributed by atoms with Crippen LogP contribution in [-0.4, -0.2) is 24.0 Å². The number of carboxylic acid groups (broad SMARTS) is 1. The highest BCUT2D eigenvalue weighted by molar-refractivity contribution is 6.01. The molecular weight excluding hydrogens is 242 g/mol. The summed E-state index contributed by atoms with van der Waals surface area (Å²) in [5.41, 5.74) is 1.38. The fourth-order valence-corrected chi connectivity index (χ4v) is 2.83. The van der Waals surface area contributed by atoms with Crippen molar-refractivity contribution in [3.05, 3.63) is 29.8 Å². The van der Waals surface area contributed by atoms with Crippen LogP contribution in [0.1, 0.15) is 19.4 Å². The summed E-state index contributed by atoms with van der Waals surface area (Å²) in [5, 5.41) is 9.14. The van der Waals surface area contributed by atoms with E-state index in [4.69, 9.17) is 5.11 Å². The van der Waals surface area contributed by atoms with Crippen LogP contribution >= 0.6 is 0 Å². The summed E-state index contributed by atoms with van der Waals surface area (Å²) in [4.78, 5) is 25.2. The van der Waals surface area contributed by atoms with Crippen LogP contribution in [-0.2, 0) is 9.59 Å². The van der Waals surface area contributed by atoms with Gasteiger partial charge in [0.2, 0.25) is 5.91 Å². The number of carbonyl (C=O) groups is 2. The number of amides is 1. The number of benzene rings is 1. The zero-order chi connectivity index (χ0) is 14.4. The Morgan fingerprint density at radius 3 is 2.26 bits per heavy atom. The number of hydrogen-bond donors (Lipinski definition) is 1. The number of para-hydroxylation sites is 1. The molecule has 2 rings (SSSR count). The first-order chi connectivity index (χ1) is 8.78.